The van der Waals surface area contributed by atoms with Crippen molar-refractivity contribution >= 4 is 11.6 Å². The average Bonchev–Trinajstić information content (AvgIpc) is 2.50. The molecule has 0 spiro atoms. The zero-order valence-electron chi connectivity index (χ0n) is 13.1. The van der Waals surface area contributed by atoms with E-state index in [-0.39, 0.29) is 0 Å². The third kappa shape index (κ3) is 7.50. The molecule has 0 aliphatic carbocycles. The highest BCUT2D eigenvalue weighted by molar-refractivity contribution is 6.32. The molecule has 1 aromatic rings. The summed E-state index contributed by atoms with van der Waals surface area (Å²) in [7, 11) is 0. The Bertz CT molecular complexity index is 437. The summed E-state index contributed by atoms with van der Waals surface area (Å²) in [4.78, 5) is 0. The van der Waals surface area contributed by atoms with Gasteiger partial charge in [-0.15, -0.1) is 0 Å². The van der Waals surface area contributed by atoms with Crippen LogP contribution in [0.4, 0.5) is 0 Å². The van der Waals surface area contributed by atoms with Crippen LogP contribution in [-0.4, -0.2) is 6.54 Å². The Hall–Kier alpha value is -1.04. The van der Waals surface area contributed by atoms with E-state index in [9.17, 15) is 0 Å². The van der Waals surface area contributed by atoms with Crippen LogP contribution in [0.1, 0.15) is 69.4 Å². The van der Waals surface area contributed by atoms with Crippen molar-refractivity contribution in [3.63, 3.8) is 0 Å². The number of nitriles is 1. The smallest absolute Gasteiger partial charge is 0.101 e. The summed E-state index contributed by atoms with van der Waals surface area (Å²) in [5.41, 5.74) is 1.57. The van der Waals surface area contributed by atoms with E-state index in [0.29, 0.717) is 10.6 Å². The van der Waals surface area contributed by atoms with Crippen LogP contribution in [-0.2, 0) is 6.54 Å². The van der Waals surface area contributed by atoms with E-state index in [1.807, 2.05) is 12.1 Å². The molecular weight excluding hydrogens is 280 g/mol. The molecule has 0 amide bonds. The number of hydrogen-bond acceptors (Lipinski definition) is 2. The lowest BCUT2D eigenvalue weighted by molar-refractivity contribution is 0.555. The van der Waals surface area contributed by atoms with E-state index >= 15 is 0 Å². The first-order valence-corrected chi connectivity index (χ1v) is 8.55. The summed E-state index contributed by atoms with van der Waals surface area (Å²) in [5, 5.41) is 12.9. The molecule has 0 bridgehead atoms. The van der Waals surface area contributed by atoms with Gasteiger partial charge in [-0.25, -0.2) is 0 Å². The van der Waals surface area contributed by atoms with Gasteiger partial charge in [0.2, 0.25) is 0 Å². The molecular formula is C18H27ClN2. The number of halogens is 1. The van der Waals surface area contributed by atoms with E-state index in [0.717, 1.165) is 18.7 Å². The second-order valence-electron chi connectivity index (χ2n) is 5.54. The first-order valence-electron chi connectivity index (χ1n) is 8.17. The van der Waals surface area contributed by atoms with Gasteiger partial charge in [0.1, 0.15) is 6.07 Å². The summed E-state index contributed by atoms with van der Waals surface area (Å²) in [5.74, 6) is 0. The Balaban J connectivity index is 2.06. The fraction of sp³-hybridized carbons (Fsp3) is 0.611. The third-order valence-corrected chi connectivity index (χ3v) is 4.17. The second-order valence-corrected chi connectivity index (χ2v) is 5.92. The second kappa shape index (κ2) is 11.6. The van der Waals surface area contributed by atoms with Crippen LogP contribution in [0, 0.1) is 11.3 Å². The highest BCUT2D eigenvalue weighted by atomic mass is 35.5. The van der Waals surface area contributed by atoms with E-state index in [4.69, 9.17) is 16.9 Å². The van der Waals surface area contributed by atoms with Gasteiger partial charge in [-0.1, -0.05) is 75.6 Å². The molecule has 1 aromatic carbocycles. The topological polar surface area (TPSA) is 35.8 Å². The first kappa shape index (κ1) is 18.0. The average molecular weight is 307 g/mol. The molecule has 116 valence electrons. The van der Waals surface area contributed by atoms with Crippen LogP contribution in [0.2, 0.25) is 5.02 Å². The summed E-state index contributed by atoms with van der Waals surface area (Å²) in [6, 6.07) is 7.73. The lowest BCUT2D eigenvalue weighted by Gasteiger charge is -2.07. The maximum absolute atomic E-state index is 8.93. The van der Waals surface area contributed by atoms with Crippen molar-refractivity contribution < 1.29 is 0 Å². The molecule has 2 nitrogen and oxygen atoms in total. The SMILES string of the molecule is CCCCCCCCCCNCc1cccc(C#N)c1Cl. The number of nitrogens with one attached hydrogen (secondary N) is 1. The summed E-state index contributed by atoms with van der Waals surface area (Å²) in [6.07, 6.45) is 10.7. The fourth-order valence-electron chi connectivity index (χ4n) is 2.41. The minimum atomic E-state index is 0.558. The quantitative estimate of drug-likeness (QED) is 0.552. The molecule has 0 atom stereocenters. The molecule has 21 heavy (non-hydrogen) atoms. The van der Waals surface area contributed by atoms with Gasteiger partial charge in [-0.05, 0) is 24.6 Å². The van der Waals surface area contributed by atoms with Crippen LogP contribution in [0.25, 0.3) is 0 Å². The Kier molecular flexibility index (Phi) is 9.95. The predicted octanol–water partition coefficient (Wildman–Crippen LogP) is 5.44. The Morgan fingerprint density at radius 2 is 1.71 bits per heavy atom. The maximum atomic E-state index is 8.93. The molecule has 1 N–H and O–H groups in total. The van der Waals surface area contributed by atoms with Crippen molar-refractivity contribution in [3.05, 3.63) is 34.3 Å². The monoisotopic (exact) mass is 306 g/mol. The third-order valence-electron chi connectivity index (χ3n) is 3.72. The molecule has 0 unspecified atom stereocenters. The van der Waals surface area contributed by atoms with Crippen molar-refractivity contribution in [2.24, 2.45) is 0 Å². The highest BCUT2D eigenvalue weighted by Gasteiger charge is 2.04. The highest BCUT2D eigenvalue weighted by Crippen LogP contribution is 2.20. The van der Waals surface area contributed by atoms with Gasteiger partial charge in [0.05, 0.1) is 10.6 Å². The van der Waals surface area contributed by atoms with E-state index in [2.05, 4.69) is 18.3 Å². The first-order chi connectivity index (χ1) is 10.3. The Morgan fingerprint density at radius 3 is 2.38 bits per heavy atom. The normalized spacial score (nSPS) is 10.5. The minimum Gasteiger partial charge on any atom is -0.313 e. The van der Waals surface area contributed by atoms with Gasteiger partial charge in [-0.3, -0.25) is 0 Å². The van der Waals surface area contributed by atoms with Gasteiger partial charge in [-0.2, -0.15) is 5.26 Å². The molecule has 0 saturated carbocycles. The van der Waals surface area contributed by atoms with Crippen molar-refractivity contribution in [2.75, 3.05) is 6.54 Å². The minimum absolute atomic E-state index is 0.558. The lowest BCUT2D eigenvalue weighted by Crippen LogP contribution is -2.15. The number of unbranched alkanes of at least 4 members (excludes halogenated alkanes) is 7. The van der Waals surface area contributed by atoms with Crippen molar-refractivity contribution in [1.82, 2.24) is 5.32 Å². The van der Waals surface area contributed by atoms with Crippen molar-refractivity contribution in [1.29, 1.82) is 5.26 Å². The van der Waals surface area contributed by atoms with Crippen LogP contribution in [0.5, 0.6) is 0 Å². The molecule has 0 aliphatic rings. The molecule has 1 rings (SSSR count). The Labute approximate surface area is 134 Å². The standard InChI is InChI=1S/C18H27ClN2/c1-2-3-4-5-6-7-8-9-13-21-15-17-12-10-11-16(14-20)18(17)19/h10-12,21H,2-9,13,15H2,1H3. The largest absolute Gasteiger partial charge is 0.313 e. The predicted molar refractivity (Wildman–Crippen MR) is 90.5 cm³/mol. The van der Waals surface area contributed by atoms with Gasteiger partial charge in [0.15, 0.2) is 0 Å². The molecule has 0 heterocycles. The zero-order valence-corrected chi connectivity index (χ0v) is 13.9. The van der Waals surface area contributed by atoms with Crippen LogP contribution in [0.15, 0.2) is 18.2 Å². The fourth-order valence-corrected chi connectivity index (χ4v) is 2.64. The van der Waals surface area contributed by atoms with Crippen LogP contribution >= 0.6 is 11.6 Å². The van der Waals surface area contributed by atoms with Crippen molar-refractivity contribution in [3.8, 4) is 6.07 Å². The Morgan fingerprint density at radius 1 is 1.05 bits per heavy atom. The van der Waals surface area contributed by atoms with E-state index < -0.39 is 0 Å². The molecule has 3 heteroatoms. The summed E-state index contributed by atoms with van der Waals surface area (Å²) >= 11 is 6.17. The summed E-state index contributed by atoms with van der Waals surface area (Å²) in [6.45, 7) is 4.01. The van der Waals surface area contributed by atoms with Gasteiger partial charge in [0, 0.05) is 6.54 Å². The number of hydrogen-bond donors (Lipinski definition) is 1. The van der Waals surface area contributed by atoms with Crippen molar-refractivity contribution in [2.45, 2.75) is 64.8 Å². The molecule has 0 fully saturated rings. The molecule has 0 radical (unpaired) electrons. The van der Waals surface area contributed by atoms with E-state index in [1.165, 1.54) is 51.4 Å². The molecule has 0 aliphatic heterocycles. The van der Waals surface area contributed by atoms with Crippen LogP contribution < -0.4 is 5.32 Å². The molecule has 0 aromatic heterocycles. The van der Waals surface area contributed by atoms with E-state index in [1.54, 1.807) is 6.07 Å². The lowest BCUT2D eigenvalue weighted by atomic mass is 10.1. The number of benzene rings is 1. The number of rotatable bonds is 11. The van der Waals surface area contributed by atoms with Gasteiger partial charge >= 0.3 is 0 Å². The number of nitrogens with zero attached hydrogens (tertiary/aromatic N) is 1. The van der Waals surface area contributed by atoms with Crippen LogP contribution in [0.3, 0.4) is 0 Å². The summed E-state index contributed by atoms with van der Waals surface area (Å²) < 4.78 is 0. The molecule has 0 saturated heterocycles. The zero-order chi connectivity index (χ0) is 15.3. The van der Waals surface area contributed by atoms with Gasteiger partial charge in [0.25, 0.3) is 0 Å². The maximum Gasteiger partial charge on any atom is 0.101 e. The van der Waals surface area contributed by atoms with Gasteiger partial charge < -0.3 is 5.32 Å².